The van der Waals surface area contributed by atoms with E-state index in [-0.39, 0.29) is 5.54 Å². The van der Waals surface area contributed by atoms with Crippen molar-refractivity contribution in [2.45, 2.75) is 37.8 Å². The normalized spacial score (nSPS) is 15.8. The maximum Gasteiger partial charge on any atom is 0.119 e. The Kier molecular flexibility index (Phi) is 4.99. The third kappa shape index (κ3) is 3.62. The van der Waals surface area contributed by atoms with Crippen LogP contribution in [-0.4, -0.2) is 19.2 Å². The predicted molar refractivity (Wildman–Crippen MR) is 108 cm³/mol. The van der Waals surface area contributed by atoms with Crippen LogP contribution in [0.1, 0.15) is 36.9 Å². The molecule has 0 saturated heterocycles. The van der Waals surface area contributed by atoms with E-state index in [1.165, 1.54) is 18.4 Å². The number of benzene rings is 2. The molecule has 1 aliphatic rings. The van der Waals surface area contributed by atoms with E-state index in [4.69, 9.17) is 14.5 Å². The molecule has 1 N–H and O–H groups in total. The molecule has 0 spiro atoms. The van der Waals surface area contributed by atoms with Gasteiger partial charge in [-0.05, 0) is 54.8 Å². The molecule has 0 aliphatic heterocycles. The summed E-state index contributed by atoms with van der Waals surface area (Å²) in [6, 6.07) is 18.7. The molecule has 1 saturated carbocycles. The minimum Gasteiger partial charge on any atom is -0.497 e. The smallest absolute Gasteiger partial charge is 0.119 e. The molecule has 0 unspecified atom stereocenters. The Balaban J connectivity index is 1.55. The first-order valence-electron chi connectivity index (χ1n) is 9.56. The molecule has 2 aromatic carbocycles. The van der Waals surface area contributed by atoms with Crippen LogP contribution in [0.15, 0.2) is 54.6 Å². The second kappa shape index (κ2) is 7.57. The first-order valence-corrected chi connectivity index (χ1v) is 9.56. The summed E-state index contributed by atoms with van der Waals surface area (Å²) >= 11 is 0. The van der Waals surface area contributed by atoms with Gasteiger partial charge in [0.05, 0.1) is 25.4 Å². The first kappa shape index (κ1) is 17.8. The number of ether oxygens (including phenoxy) is 2. The van der Waals surface area contributed by atoms with Crippen molar-refractivity contribution < 1.29 is 9.47 Å². The molecule has 0 bridgehead atoms. The van der Waals surface area contributed by atoms with Gasteiger partial charge in [-0.3, -0.25) is 4.98 Å². The van der Waals surface area contributed by atoms with Crippen LogP contribution < -0.4 is 14.8 Å². The predicted octanol–water partition coefficient (Wildman–Crippen LogP) is 4.81. The molecule has 1 aromatic heterocycles. The van der Waals surface area contributed by atoms with E-state index in [0.717, 1.165) is 47.5 Å². The highest BCUT2D eigenvalue weighted by Crippen LogP contribution is 2.39. The molecule has 4 heteroatoms. The van der Waals surface area contributed by atoms with Gasteiger partial charge in [0.25, 0.3) is 0 Å². The Morgan fingerprint density at radius 2 is 1.59 bits per heavy atom. The molecule has 3 aromatic rings. The highest BCUT2D eigenvalue weighted by Gasteiger charge is 2.35. The second-order valence-corrected chi connectivity index (χ2v) is 7.23. The zero-order valence-electron chi connectivity index (χ0n) is 16.0. The van der Waals surface area contributed by atoms with E-state index < -0.39 is 0 Å². The van der Waals surface area contributed by atoms with Crippen molar-refractivity contribution in [3.05, 3.63) is 65.9 Å². The number of nitrogens with one attached hydrogen (secondary N) is 1. The van der Waals surface area contributed by atoms with Crippen LogP contribution in [0.5, 0.6) is 11.5 Å². The van der Waals surface area contributed by atoms with E-state index in [2.05, 4.69) is 41.7 Å². The summed E-state index contributed by atoms with van der Waals surface area (Å²) in [6.45, 7) is 0.758. The van der Waals surface area contributed by atoms with E-state index in [0.29, 0.717) is 0 Å². The maximum atomic E-state index is 5.31. The molecule has 0 amide bonds. The lowest BCUT2D eigenvalue weighted by molar-refractivity contribution is 0.336. The number of nitrogens with zero attached hydrogens (tertiary/aromatic N) is 1. The number of fused-ring (bicyclic) bond motifs is 1. The third-order valence-electron chi connectivity index (χ3n) is 5.66. The molecule has 1 fully saturated rings. The number of hydrogen-bond acceptors (Lipinski definition) is 4. The Hall–Kier alpha value is -2.59. The van der Waals surface area contributed by atoms with Crippen molar-refractivity contribution in [2.75, 3.05) is 14.2 Å². The van der Waals surface area contributed by atoms with Gasteiger partial charge < -0.3 is 14.8 Å². The fraction of sp³-hybridized carbons (Fsp3) is 0.348. The monoisotopic (exact) mass is 362 g/mol. The van der Waals surface area contributed by atoms with Crippen LogP contribution in [0, 0.1) is 0 Å². The molecule has 1 heterocycles. The molecule has 27 heavy (non-hydrogen) atoms. The first-order chi connectivity index (χ1) is 13.2. The van der Waals surface area contributed by atoms with Gasteiger partial charge in [-0.15, -0.1) is 0 Å². The molecular weight excluding hydrogens is 336 g/mol. The molecule has 4 nitrogen and oxygen atoms in total. The minimum atomic E-state index is 0.0306. The lowest BCUT2D eigenvalue weighted by Crippen LogP contribution is -2.39. The fourth-order valence-corrected chi connectivity index (χ4v) is 4.09. The fourth-order valence-electron chi connectivity index (χ4n) is 4.09. The highest BCUT2D eigenvalue weighted by molar-refractivity contribution is 5.80. The molecule has 140 valence electrons. The van der Waals surface area contributed by atoms with Crippen LogP contribution >= 0.6 is 0 Å². The molecule has 4 rings (SSSR count). The van der Waals surface area contributed by atoms with Gasteiger partial charge in [0.2, 0.25) is 0 Å². The highest BCUT2D eigenvalue weighted by atomic mass is 16.5. The molecular formula is C23H26N2O2. The zero-order chi connectivity index (χ0) is 18.7. The number of methoxy groups -OCH3 is 2. The van der Waals surface area contributed by atoms with Crippen molar-refractivity contribution in [2.24, 2.45) is 0 Å². The van der Waals surface area contributed by atoms with Gasteiger partial charge in [0.1, 0.15) is 11.5 Å². The van der Waals surface area contributed by atoms with E-state index in [1.807, 2.05) is 18.2 Å². The Morgan fingerprint density at radius 3 is 2.30 bits per heavy atom. The quantitative estimate of drug-likeness (QED) is 0.683. The maximum absolute atomic E-state index is 5.31. The Labute approximate surface area is 160 Å². The summed E-state index contributed by atoms with van der Waals surface area (Å²) < 4.78 is 10.6. The lowest BCUT2D eigenvalue weighted by Gasteiger charge is -2.31. The minimum absolute atomic E-state index is 0.0306. The summed E-state index contributed by atoms with van der Waals surface area (Å²) in [6.07, 6.45) is 4.82. The van der Waals surface area contributed by atoms with Gasteiger partial charge in [-0.2, -0.15) is 0 Å². The molecule has 1 aliphatic carbocycles. The number of hydrogen-bond donors (Lipinski definition) is 1. The summed E-state index contributed by atoms with van der Waals surface area (Å²) in [4.78, 5) is 4.83. The van der Waals surface area contributed by atoms with Gasteiger partial charge in [0.15, 0.2) is 0 Å². The molecule has 0 atom stereocenters. The largest absolute Gasteiger partial charge is 0.497 e. The topological polar surface area (TPSA) is 43.4 Å². The average molecular weight is 362 g/mol. The van der Waals surface area contributed by atoms with Crippen LogP contribution in [0.3, 0.4) is 0 Å². The van der Waals surface area contributed by atoms with Gasteiger partial charge in [-0.25, -0.2) is 0 Å². The zero-order valence-corrected chi connectivity index (χ0v) is 16.0. The van der Waals surface area contributed by atoms with Crippen LogP contribution in [0.2, 0.25) is 0 Å². The summed E-state index contributed by atoms with van der Waals surface area (Å²) in [7, 11) is 3.40. The van der Waals surface area contributed by atoms with E-state index in [9.17, 15) is 0 Å². The summed E-state index contributed by atoms with van der Waals surface area (Å²) in [5, 5.41) is 4.93. The van der Waals surface area contributed by atoms with Crippen LogP contribution in [0.25, 0.3) is 10.9 Å². The van der Waals surface area contributed by atoms with Crippen molar-refractivity contribution in [3.8, 4) is 11.5 Å². The number of aromatic nitrogens is 1. The van der Waals surface area contributed by atoms with Gasteiger partial charge in [-0.1, -0.05) is 31.0 Å². The van der Waals surface area contributed by atoms with E-state index >= 15 is 0 Å². The van der Waals surface area contributed by atoms with Crippen LogP contribution in [0.4, 0.5) is 0 Å². The van der Waals surface area contributed by atoms with Crippen molar-refractivity contribution in [3.63, 3.8) is 0 Å². The number of rotatable bonds is 6. The van der Waals surface area contributed by atoms with Crippen molar-refractivity contribution in [1.29, 1.82) is 0 Å². The standard InChI is InChI=1S/C23H26N2O2/c1-26-20-9-6-18(7-10-20)23(13-3-4-14-23)24-16-19-8-5-17-15-21(27-2)11-12-22(17)25-19/h5-12,15,24H,3-4,13-14,16H2,1-2H3. The second-order valence-electron chi connectivity index (χ2n) is 7.23. The van der Waals surface area contributed by atoms with Crippen LogP contribution in [-0.2, 0) is 12.1 Å². The van der Waals surface area contributed by atoms with Gasteiger partial charge >= 0.3 is 0 Å². The Bertz CT molecular complexity index is 915. The molecule has 0 radical (unpaired) electrons. The van der Waals surface area contributed by atoms with Gasteiger partial charge in [0, 0.05) is 17.5 Å². The van der Waals surface area contributed by atoms with Crippen molar-refractivity contribution >= 4 is 10.9 Å². The number of pyridine rings is 1. The summed E-state index contributed by atoms with van der Waals surface area (Å²) in [5.41, 5.74) is 3.43. The average Bonchev–Trinajstić information content (AvgIpc) is 3.22. The summed E-state index contributed by atoms with van der Waals surface area (Å²) in [5.74, 6) is 1.76. The van der Waals surface area contributed by atoms with E-state index in [1.54, 1.807) is 14.2 Å². The Morgan fingerprint density at radius 1 is 0.889 bits per heavy atom. The van der Waals surface area contributed by atoms with Crippen molar-refractivity contribution in [1.82, 2.24) is 10.3 Å². The lowest BCUT2D eigenvalue weighted by atomic mass is 9.88. The third-order valence-corrected chi connectivity index (χ3v) is 5.66. The SMILES string of the molecule is COc1ccc(C2(NCc3ccc4cc(OC)ccc4n3)CCCC2)cc1.